The number of aliphatic hydroxyl groups is 8. The molecule has 1 fully saturated rings. The van der Waals surface area contributed by atoms with E-state index < -0.39 is 68.8 Å². The van der Waals surface area contributed by atoms with Gasteiger partial charge in [-0.05, 0) is 0 Å². The van der Waals surface area contributed by atoms with Crippen molar-refractivity contribution in [3.05, 3.63) is 0 Å². The van der Waals surface area contributed by atoms with Gasteiger partial charge in [0.15, 0.2) is 6.29 Å². The van der Waals surface area contributed by atoms with Crippen molar-refractivity contribution in [1.82, 2.24) is 0 Å². The Morgan fingerprint density at radius 3 is 2.00 bits per heavy atom. The van der Waals surface area contributed by atoms with Crippen LogP contribution in [0.1, 0.15) is 0 Å². The monoisotopic (exact) mass is 314 g/mol. The third-order valence-electron chi connectivity index (χ3n) is 3.30. The molecule has 0 saturated carbocycles. The van der Waals surface area contributed by atoms with Gasteiger partial charge in [-0.15, -0.1) is 0 Å². The van der Waals surface area contributed by atoms with E-state index in [2.05, 4.69) is 0 Å². The Balaban J connectivity index is 2.74. The molecule has 10 nitrogen and oxygen atoms in total. The van der Waals surface area contributed by atoms with Crippen molar-refractivity contribution in [3.8, 4) is 0 Å². The molecule has 21 heavy (non-hydrogen) atoms. The van der Waals surface area contributed by atoms with Gasteiger partial charge in [-0.1, -0.05) is 0 Å². The molecule has 8 N–H and O–H groups in total. The van der Waals surface area contributed by atoms with Crippen LogP contribution in [0.4, 0.5) is 0 Å². The zero-order valence-corrected chi connectivity index (χ0v) is 11.1. The van der Waals surface area contributed by atoms with E-state index in [9.17, 15) is 25.5 Å². The van der Waals surface area contributed by atoms with Crippen LogP contribution >= 0.6 is 0 Å². The summed E-state index contributed by atoms with van der Waals surface area (Å²) in [4.78, 5) is 0. The smallest absolute Gasteiger partial charge is 0.187 e. The third kappa shape index (κ3) is 4.29. The number of ether oxygens (including phenoxy) is 2. The molecule has 1 rings (SSSR count). The van der Waals surface area contributed by atoms with Crippen LogP contribution in [0.5, 0.6) is 0 Å². The van der Waals surface area contributed by atoms with Crippen molar-refractivity contribution in [2.24, 2.45) is 0 Å². The van der Waals surface area contributed by atoms with E-state index >= 15 is 0 Å². The van der Waals surface area contributed by atoms with E-state index in [0.717, 1.165) is 0 Å². The molecule has 126 valence electrons. The molecule has 0 radical (unpaired) electrons. The number of rotatable bonds is 7. The molecule has 8 atom stereocenters. The Morgan fingerprint density at radius 2 is 1.52 bits per heavy atom. The summed E-state index contributed by atoms with van der Waals surface area (Å²) >= 11 is 0. The predicted octanol–water partition coefficient (Wildman–Crippen LogP) is -5.12. The summed E-state index contributed by atoms with van der Waals surface area (Å²) < 4.78 is 10.1. The van der Waals surface area contributed by atoms with Crippen LogP contribution in [0.2, 0.25) is 0 Å². The first-order valence-electron chi connectivity index (χ1n) is 6.41. The lowest BCUT2D eigenvalue weighted by molar-refractivity contribution is -0.321. The van der Waals surface area contributed by atoms with Crippen LogP contribution in [0.25, 0.3) is 0 Å². The molecule has 10 heteroatoms. The standard InChI is InChI=1S/C11H22O10/c12-1-4(15)7(16)5(2-13)20-11-10(19)9(18)8(17)6(3-14)21-11/h4-19H,1-3H2/t4-,5+,6-,7+,8-,9+,10-,11+/m1/s1. The lowest BCUT2D eigenvalue weighted by Gasteiger charge is -2.41. The molecule has 0 aliphatic carbocycles. The Labute approximate surface area is 120 Å². The minimum atomic E-state index is -1.70. The molecule has 0 amide bonds. The van der Waals surface area contributed by atoms with E-state index in [1.807, 2.05) is 0 Å². The fraction of sp³-hybridized carbons (Fsp3) is 1.00. The molecule has 0 aromatic heterocycles. The Bertz CT molecular complexity index is 301. The topological polar surface area (TPSA) is 180 Å². The third-order valence-corrected chi connectivity index (χ3v) is 3.30. The van der Waals surface area contributed by atoms with Gasteiger partial charge in [-0.2, -0.15) is 0 Å². The maximum absolute atomic E-state index is 9.73. The van der Waals surface area contributed by atoms with E-state index in [4.69, 9.17) is 24.8 Å². The second-order valence-electron chi connectivity index (χ2n) is 4.79. The molecule has 0 bridgehead atoms. The molecule has 1 heterocycles. The van der Waals surface area contributed by atoms with Gasteiger partial charge in [-0.3, -0.25) is 0 Å². The van der Waals surface area contributed by atoms with Crippen LogP contribution < -0.4 is 0 Å². The van der Waals surface area contributed by atoms with Crippen LogP contribution in [-0.4, -0.2) is 110 Å². The highest BCUT2D eigenvalue weighted by Gasteiger charge is 2.45. The normalized spacial score (nSPS) is 38.0. The maximum Gasteiger partial charge on any atom is 0.187 e. The quantitative estimate of drug-likeness (QED) is 0.226. The lowest BCUT2D eigenvalue weighted by Crippen LogP contribution is -2.60. The van der Waals surface area contributed by atoms with Crippen LogP contribution in [0, 0.1) is 0 Å². The van der Waals surface area contributed by atoms with Crippen molar-refractivity contribution in [1.29, 1.82) is 0 Å². The van der Waals surface area contributed by atoms with Crippen molar-refractivity contribution in [2.45, 2.75) is 49.0 Å². The molecule has 0 unspecified atom stereocenters. The van der Waals surface area contributed by atoms with Gasteiger partial charge in [0, 0.05) is 0 Å². The van der Waals surface area contributed by atoms with Gasteiger partial charge < -0.3 is 50.3 Å². The maximum atomic E-state index is 9.73. The molecular weight excluding hydrogens is 292 g/mol. The molecule has 0 aromatic rings. The molecular formula is C11H22O10. The largest absolute Gasteiger partial charge is 0.394 e. The first kappa shape index (κ1) is 18.6. The minimum absolute atomic E-state index is 0.656. The molecule has 1 saturated heterocycles. The summed E-state index contributed by atoms with van der Waals surface area (Å²) in [6.45, 7) is -2.21. The van der Waals surface area contributed by atoms with E-state index in [1.54, 1.807) is 0 Å². The number of hydrogen-bond donors (Lipinski definition) is 8. The summed E-state index contributed by atoms with van der Waals surface area (Å²) in [6, 6.07) is 0. The van der Waals surface area contributed by atoms with Gasteiger partial charge in [-0.25, -0.2) is 0 Å². The summed E-state index contributed by atoms with van der Waals surface area (Å²) in [5, 5.41) is 74.7. The SMILES string of the molecule is OC[C@@H](O)[C@H](O)[C@H](CO)O[C@H]1O[C@H](CO)[C@@H](O)[C@H](O)[C@H]1O. The zero-order chi connectivity index (χ0) is 16.2. The van der Waals surface area contributed by atoms with Gasteiger partial charge in [0.25, 0.3) is 0 Å². The zero-order valence-electron chi connectivity index (χ0n) is 11.1. The highest BCUT2D eigenvalue weighted by Crippen LogP contribution is 2.23. The highest BCUT2D eigenvalue weighted by atomic mass is 16.7. The first-order chi connectivity index (χ1) is 9.87. The Morgan fingerprint density at radius 1 is 0.905 bits per heavy atom. The average Bonchev–Trinajstić information content (AvgIpc) is 2.50. The summed E-state index contributed by atoms with van der Waals surface area (Å²) in [5.41, 5.74) is 0. The summed E-state index contributed by atoms with van der Waals surface area (Å²) in [5.74, 6) is 0. The van der Waals surface area contributed by atoms with E-state index in [1.165, 1.54) is 0 Å². The van der Waals surface area contributed by atoms with Crippen LogP contribution in [0.3, 0.4) is 0 Å². The van der Waals surface area contributed by atoms with E-state index in [-0.39, 0.29) is 0 Å². The molecule has 1 aliphatic rings. The Kier molecular flexibility index (Phi) is 7.36. The van der Waals surface area contributed by atoms with Crippen LogP contribution in [0.15, 0.2) is 0 Å². The molecule has 0 aromatic carbocycles. The second-order valence-corrected chi connectivity index (χ2v) is 4.79. The van der Waals surface area contributed by atoms with Crippen LogP contribution in [-0.2, 0) is 9.47 Å². The van der Waals surface area contributed by atoms with Gasteiger partial charge >= 0.3 is 0 Å². The van der Waals surface area contributed by atoms with Gasteiger partial charge in [0.2, 0.25) is 0 Å². The number of hydrogen-bond acceptors (Lipinski definition) is 10. The van der Waals surface area contributed by atoms with Crippen molar-refractivity contribution in [3.63, 3.8) is 0 Å². The average molecular weight is 314 g/mol. The fourth-order valence-electron chi connectivity index (χ4n) is 1.94. The van der Waals surface area contributed by atoms with Gasteiger partial charge in [0.1, 0.15) is 42.7 Å². The highest BCUT2D eigenvalue weighted by molar-refractivity contribution is 4.90. The summed E-state index contributed by atoms with van der Waals surface area (Å²) in [6.07, 6.45) is -12.4. The summed E-state index contributed by atoms with van der Waals surface area (Å²) in [7, 11) is 0. The fourth-order valence-corrected chi connectivity index (χ4v) is 1.94. The lowest BCUT2D eigenvalue weighted by atomic mass is 9.99. The Hall–Kier alpha value is -0.400. The first-order valence-corrected chi connectivity index (χ1v) is 6.41. The molecule has 1 aliphatic heterocycles. The molecule has 0 spiro atoms. The number of aliphatic hydroxyl groups excluding tert-OH is 8. The second kappa shape index (κ2) is 8.29. The predicted molar refractivity (Wildman–Crippen MR) is 64.8 cm³/mol. The van der Waals surface area contributed by atoms with Crippen molar-refractivity contribution in [2.75, 3.05) is 19.8 Å². The van der Waals surface area contributed by atoms with E-state index in [0.29, 0.717) is 0 Å². The van der Waals surface area contributed by atoms with Crippen molar-refractivity contribution >= 4 is 0 Å². The van der Waals surface area contributed by atoms with Crippen molar-refractivity contribution < 1.29 is 50.3 Å². The van der Waals surface area contributed by atoms with Gasteiger partial charge in [0.05, 0.1) is 19.8 Å². The minimum Gasteiger partial charge on any atom is -0.394 e.